The lowest BCUT2D eigenvalue weighted by Gasteiger charge is -2.27. The zero-order valence-corrected chi connectivity index (χ0v) is 12.9. The largest absolute Gasteiger partial charge is 0.343 e. The van der Waals surface area contributed by atoms with Crippen LogP contribution in [0.15, 0.2) is 24.3 Å². The highest BCUT2D eigenvalue weighted by atomic mass is 16.5. The Balaban J connectivity index is 2.00. The molecule has 0 fully saturated rings. The number of benzene rings is 1. The molecule has 1 aromatic carbocycles. The van der Waals surface area contributed by atoms with E-state index >= 15 is 0 Å². The first kappa shape index (κ1) is 16.5. The highest BCUT2D eigenvalue weighted by molar-refractivity contribution is 5.89. The van der Waals surface area contributed by atoms with E-state index in [0.717, 1.165) is 5.56 Å². The van der Waals surface area contributed by atoms with Crippen LogP contribution in [0.1, 0.15) is 31.4 Å². The van der Waals surface area contributed by atoms with Gasteiger partial charge in [0.2, 0.25) is 5.91 Å². The van der Waals surface area contributed by atoms with Crippen molar-refractivity contribution in [3.63, 3.8) is 0 Å². The number of amides is 2. The maximum atomic E-state index is 12.4. The van der Waals surface area contributed by atoms with Gasteiger partial charge in [-0.1, -0.05) is 38.1 Å². The fourth-order valence-corrected chi connectivity index (χ4v) is 2.69. The Morgan fingerprint density at radius 2 is 2.00 bits per heavy atom. The van der Waals surface area contributed by atoms with Crippen molar-refractivity contribution >= 4 is 11.8 Å². The van der Waals surface area contributed by atoms with Gasteiger partial charge in [-0.15, -0.1) is 0 Å². The summed E-state index contributed by atoms with van der Waals surface area (Å²) < 4.78 is 0. The Morgan fingerprint density at radius 1 is 1.32 bits per heavy atom. The highest BCUT2D eigenvalue weighted by Gasteiger charge is 2.28. The van der Waals surface area contributed by atoms with Crippen LogP contribution in [0.5, 0.6) is 0 Å². The number of nitrogens with one attached hydrogen (secondary N) is 3. The van der Waals surface area contributed by atoms with E-state index in [0.29, 0.717) is 19.4 Å². The number of rotatable bonds is 5. The molecule has 6 nitrogen and oxygen atoms in total. The van der Waals surface area contributed by atoms with E-state index in [-0.39, 0.29) is 17.9 Å². The smallest absolute Gasteiger partial charge is 0.265 e. The molecule has 2 amide bonds. The zero-order valence-electron chi connectivity index (χ0n) is 12.9. The third-order valence-electron chi connectivity index (χ3n) is 3.85. The number of hydroxylamine groups is 1. The standard InChI is InChI=1S/C16H23N3O3/c1-10(2)7-14(16(21)19-22)18-15(20)13-8-11-5-3-4-6-12(11)9-17-13/h3-6,10,13-14,17,22H,7-9H2,1-2H3,(H,18,20)(H,19,21)/t13-,14-/m0/s1. The molecule has 0 saturated carbocycles. The van der Waals surface area contributed by atoms with Crippen LogP contribution in [-0.2, 0) is 22.6 Å². The van der Waals surface area contributed by atoms with Gasteiger partial charge in [0.25, 0.3) is 5.91 Å². The second kappa shape index (κ2) is 7.38. The molecule has 1 heterocycles. The first-order valence-electron chi connectivity index (χ1n) is 7.55. The molecule has 0 unspecified atom stereocenters. The molecule has 0 aromatic heterocycles. The van der Waals surface area contributed by atoms with Crippen LogP contribution in [0.4, 0.5) is 0 Å². The molecule has 4 N–H and O–H groups in total. The molecule has 1 aliphatic heterocycles. The van der Waals surface area contributed by atoms with Gasteiger partial charge in [-0.25, -0.2) is 5.48 Å². The fraction of sp³-hybridized carbons (Fsp3) is 0.500. The number of fused-ring (bicyclic) bond motifs is 1. The molecule has 0 aliphatic carbocycles. The second-order valence-corrected chi connectivity index (χ2v) is 6.07. The summed E-state index contributed by atoms with van der Waals surface area (Å²) in [6.07, 6.45) is 1.07. The molecule has 0 bridgehead atoms. The van der Waals surface area contributed by atoms with E-state index in [4.69, 9.17) is 5.21 Å². The van der Waals surface area contributed by atoms with Crippen molar-refractivity contribution in [2.75, 3.05) is 0 Å². The Bertz CT molecular complexity index is 545. The minimum Gasteiger partial charge on any atom is -0.343 e. The lowest BCUT2D eigenvalue weighted by molar-refractivity contribution is -0.135. The molecular formula is C16H23N3O3. The Hall–Kier alpha value is -1.92. The Kier molecular flexibility index (Phi) is 5.51. The van der Waals surface area contributed by atoms with Crippen LogP contribution < -0.4 is 16.1 Å². The van der Waals surface area contributed by atoms with E-state index in [1.807, 2.05) is 38.1 Å². The Morgan fingerprint density at radius 3 is 2.64 bits per heavy atom. The van der Waals surface area contributed by atoms with Crippen LogP contribution in [0.25, 0.3) is 0 Å². The maximum absolute atomic E-state index is 12.4. The summed E-state index contributed by atoms with van der Waals surface area (Å²) in [5.41, 5.74) is 3.96. The van der Waals surface area contributed by atoms with Gasteiger partial charge < -0.3 is 10.6 Å². The molecule has 1 aliphatic rings. The van der Waals surface area contributed by atoms with E-state index in [1.165, 1.54) is 5.56 Å². The summed E-state index contributed by atoms with van der Waals surface area (Å²) in [5, 5.41) is 14.7. The fourth-order valence-electron chi connectivity index (χ4n) is 2.69. The van der Waals surface area contributed by atoms with E-state index in [9.17, 15) is 9.59 Å². The molecule has 2 rings (SSSR count). The minimum atomic E-state index is -0.725. The van der Waals surface area contributed by atoms with Crippen LogP contribution in [-0.4, -0.2) is 29.1 Å². The molecule has 120 valence electrons. The normalized spacial score (nSPS) is 18.5. The summed E-state index contributed by atoms with van der Waals surface area (Å²) >= 11 is 0. The molecular weight excluding hydrogens is 282 g/mol. The van der Waals surface area contributed by atoms with Crippen LogP contribution >= 0.6 is 0 Å². The van der Waals surface area contributed by atoms with Crippen molar-refractivity contribution < 1.29 is 14.8 Å². The lowest BCUT2D eigenvalue weighted by Crippen LogP contribution is -2.54. The van der Waals surface area contributed by atoms with E-state index in [1.54, 1.807) is 5.48 Å². The number of hydrogen-bond acceptors (Lipinski definition) is 4. The number of carbonyl (C=O) groups excluding carboxylic acids is 2. The zero-order chi connectivity index (χ0) is 16.1. The molecule has 1 aromatic rings. The third-order valence-corrected chi connectivity index (χ3v) is 3.85. The monoisotopic (exact) mass is 305 g/mol. The van der Waals surface area contributed by atoms with Gasteiger partial charge in [-0.2, -0.15) is 0 Å². The van der Waals surface area contributed by atoms with Gasteiger partial charge in [-0.3, -0.25) is 14.8 Å². The van der Waals surface area contributed by atoms with Crippen molar-refractivity contribution in [3.8, 4) is 0 Å². The van der Waals surface area contributed by atoms with Gasteiger partial charge in [-0.05, 0) is 29.9 Å². The predicted molar refractivity (Wildman–Crippen MR) is 82.1 cm³/mol. The van der Waals surface area contributed by atoms with Crippen molar-refractivity contribution in [2.24, 2.45) is 5.92 Å². The maximum Gasteiger partial charge on any atom is 0.265 e. The van der Waals surface area contributed by atoms with Gasteiger partial charge in [0.15, 0.2) is 0 Å². The van der Waals surface area contributed by atoms with Crippen molar-refractivity contribution in [1.82, 2.24) is 16.1 Å². The SMILES string of the molecule is CC(C)C[C@H](NC(=O)[C@@H]1Cc2ccccc2CN1)C(=O)NO. The topological polar surface area (TPSA) is 90.5 Å². The predicted octanol–water partition coefficient (Wildman–Crippen LogP) is 0.737. The van der Waals surface area contributed by atoms with Crippen molar-refractivity contribution in [1.29, 1.82) is 0 Å². The lowest BCUT2D eigenvalue weighted by atomic mass is 9.95. The quantitative estimate of drug-likeness (QED) is 0.477. The average molecular weight is 305 g/mol. The number of carbonyl (C=O) groups is 2. The van der Waals surface area contributed by atoms with Crippen molar-refractivity contribution in [2.45, 2.75) is 45.3 Å². The number of hydrogen-bond donors (Lipinski definition) is 4. The van der Waals surface area contributed by atoms with Gasteiger partial charge in [0.1, 0.15) is 6.04 Å². The van der Waals surface area contributed by atoms with Gasteiger partial charge in [0, 0.05) is 6.54 Å². The molecule has 0 radical (unpaired) electrons. The third kappa shape index (κ3) is 4.05. The van der Waals surface area contributed by atoms with Crippen LogP contribution in [0, 0.1) is 5.92 Å². The van der Waals surface area contributed by atoms with Crippen molar-refractivity contribution in [3.05, 3.63) is 35.4 Å². The van der Waals surface area contributed by atoms with Gasteiger partial charge >= 0.3 is 0 Å². The summed E-state index contributed by atoms with van der Waals surface area (Å²) in [6, 6.07) is 6.90. The average Bonchev–Trinajstić information content (AvgIpc) is 2.52. The first-order valence-corrected chi connectivity index (χ1v) is 7.55. The van der Waals surface area contributed by atoms with E-state index in [2.05, 4.69) is 10.6 Å². The molecule has 22 heavy (non-hydrogen) atoms. The minimum absolute atomic E-state index is 0.219. The summed E-state index contributed by atoms with van der Waals surface area (Å²) in [7, 11) is 0. The molecule has 2 atom stereocenters. The summed E-state index contributed by atoms with van der Waals surface area (Å²) in [5.74, 6) is -0.579. The molecule has 0 spiro atoms. The summed E-state index contributed by atoms with van der Waals surface area (Å²) in [4.78, 5) is 24.1. The highest BCUT2D eigenvalue weighted by Crippen LogP contribution is 2.16. The van der Waals surface area contributed by atoms with Crippen LogP contribution in [0.2, 0.25) is 0 Å². The van der Waals surface area contributed by atoms with E-state index < -0.39 is 11.9 Å². The van der Waals surface area contributed by atoms with Crippen LogP contribution in [0.3, 0.4) is 0 Å². The molecule has 6 heteroatoms. The Labute approximate surface area is 130 Å². The van der Waals surface area contributed by atoms with Gasteiger partial charge in [0.05, 0.1) is 6.04 Å². The first-order chi connectivity index (χ1) is 10.5. The second-order valence-electron chi connectivity index (χ2n) is 6.07. The summed E-state index contributed by atoms with van der Waals surface area (Å²) in [6.45, 7) is 4.55. The molecule has 0 saturated heterocycles.